The Balaban J connectivity index is 1.75. The Morgan fingerprint density at radius 1 is 1.00 bits per heavy atom. The molecule has 0 radical (unpaired) electrons. The zero-order valence-corrected chi connectivity index (χ0v) is 16.7. The molecule has 2 rings (SSSR count). The summed E-state index contributed by atoms with van der Waals surface area (Å²) in [5.74, 6) is 0.506. The largest absolute Gasteiger partial charge is 0.492 e. The highest BCUT2D eigenvalue weighted by Crippen LogP contribution is 2.11. The smallest absolute Gasteiger partial charge is 0.315 e. The molecule has 0 bridgehead atoms. The van der Waals surface area contributed by atoms with E-state index >= 15 is 0 Å². The summed E-state index contributed by atoms with van der Waals surface area (Å²) in [5.41, 5.74) is 2.11. The molecule has 0 spiro atoms. The molecular weight excluding hydrogens is 354 g/mol. The lowest BCUT2D eigenvalue weighted by Gasteiger charge is -2.22. The molecule has 0 saturated heterocycles. The molecule has 0 aliphatic heterocycles. The minimum absolute atomic E-state index is 0.0415. The summed E-state index contributed by atoms with van der Waals surface area (Å²) in [7, 11) is 0. The summed E-state index contributed by atoms with van der Waals surface area (Å²) in [5, 5.41) is 8.35. The van der Waals surface area contributed by atoms with Gasteiger partial charge in [0.05, 0.1) is 6.54 Å². The molecular formula is C22H29N3O3. The first-order valence-corrected chi connectivity index (χ1v) is 9.51. The summed E-state index contributed by atoms with van der Waals surface area (Å²) in [6, 6.07) is 16.4. The molecule has 3 N–H and O–H groups in total. The van der Waals surface area contributed by atoms with Crippen LogP contribution in [-0.4, -0.2) is 31.1 Å². The molecule has 0 fully saturated rings. The summed E-state index contributed by atoms with van der Waals surface area (Å²) >= 11 is 0. The fraction of sp³-hybridized carbons (Fsp3) is 0.364. The van der Waals surface area contributed by atoms with Crippen molar-refractivity contribution in [3.8, 4) is 5.75 Å². The first-order chi connectivity index (χ1) is 13.5. The topological polar surface area (TPSA) is 79.5 Å². The minimum atomic E-state index is -0.616. The van der Waals surface area contributed by atoms with Crippen LogP contribution in [0.15, 0.2) is 54.6 Å². The minimum Gasteiger partial charge on any atom is -0.492 e. The number of nitrogens with one attached hydrogen (secondary N) is 3. The Bertz CT molecular complexity index is 763. The average Bonchev–Trinajstić information content (AvgIpc) is 2.68. The molecule has 6 heteroatoms. The van der Waals surface area contributed by atoms with E-state index in [-0.39, 0.29) is 17.9 Å². The lowest BCUT2D eigenvalue weighted by atomic mass is 10.0. The molecule has 6 nitrogen and oxygen atoms in total. The van der Waals surface area contributed by atoms with Gasteiger partial charge < -0.3 is 20.7 Å². The van der Waals surface area contributed by atoms with Gasteiger partial charge in [-0.2, -0.15) is 0 Å². The highest BCUT2D eigenvalue weighted by Gasteiger charge is 2.23. The number of ether oxygens (including phenoxy) is 1. The SMILES string of the molecule is Cc1cccc(OCCNC(=O)[C@@H](NC(=O)NCc2ccccc2)C(C)C)c1. The molecule has 2 aromatic rings. The maximum Gasteiger partial charge on any atom is 0.315 e. The number of amides is 3. The van der Waals surface area contributed by atoms with E-state index in [0.29, 0.717) is 19.7 Å². The first-order valence-electron chi connectivity index (χ1n) is 9.51. The van der Waals surface area contributed by atoms with Crippen LogP contribution in [0.4, 0.5) is 4.79 Å². The van der Waals surface area contributed by atoms with Crippen LogP contribution < -0.4 is 20.7 Å². The number of rotatable bonds is 9. The Labute approximate surface area is 166 Å². The van der Waals surface area contributed by atoms with E-state index in [2.05, 4.69) is 16.0 Å². The Morgan fingerprint density at radius 2 is 1.75 bits per heavy atom. The molecule has 0 aliphatic carbocycles. The molecule has 2 aromatic carbocycles. The number of hydrogen-bond donors (Lipinski definition) is 3. The van der Waals surface area contributed by atoms with Gasteiger partial charge in [0.25, 0.3) is 0 Å². The molecule has 28 heavy (non-hydrogen) atoms. The lowest BCUT2D eigenvalue weighted by Crippen LogP contribution is -2.52. The van der Waals surface area contributed by atoms with Crippen LogP contribution in [0.2, 0.25) is 0 Å². The molecule has 0 aliphatic rings. The third kappa shape index (κ3) is 7.31. The van der Waals surface area contributed by atoms with Crippen LogP contribution in [0.1, 0.15) is 25.0 Å². The van der Waals surface area contributed by atoms with Gasteiger partial charge in [-0.1, -0.05) is 56.3 Å². The van der Waals surface area contributed by atoms with Crippen LogP contribution in [0.3, 0.4) is 0 Å². The zero-order valence-electron chi connectivity index (χ0n) is 16.7. The number of carbonyl (C=O) groups is 2. The van der Waals surface area contributed by atoms with E-state index < -0.39 is 6.04 Å². The van der Waals surface area contributed by atoms with Crippen molar-refractivity contribution in [3.63, 3.8) is 0 Å². The molecule has 1 atom stereocenters. The summed E-state index contributed by atoms with van der Waals surface area (Å²) in [6.07, 6.45) is 0. The van der Waals surface area contributed by atoms with E-state index in [1.54, 1.807) is 0 Å². The predicted octanol–water partition coefficient (Wildman–Crippen LogP) is 3.01. The summed E-state index contributed by atoms with van der Waals surface area (Å²) < 4.78 is 5.63. The Kier molecular flexibility index (Phi) is 8.34. The fourth-order valence-corrected chi connectivity index (χ4v) is 2.66. The first kappa shape index (κ1) is 21.3. The lowest BCUT2D eigenvalue weighted by molar-refractivity contribution is -0.124. The average molecular weight is 383 g/mol. The Morgan fingerprint density at radius 3 is 2.43 bits per heavy atom. The van der Waals surface area contributed by atoms with Crippen molar-refractivity contribution in [2.75, 3.05) is 13.2 Å². The molecule has 0 saturated carbocycles. The fourth-order valence-electron chi connectivity index (χ4n) is 2.66. The van der Waals surface area contributed by atoms with Crippen molar-refractivity contribution in [3.05, 3.63) is 65.7 Å². The van der Waals surface area contributed by atoms with Gasteiger partial charge in [0, 0.05) is 6.54 Å². The third-order valence-corrected chi connectivity index (χ3v) is 4.19. The third-order valence-electron chi connectivity index (χ3n) is 4.19. The van der Waals surface area contributed by atoms with Gasteiger partial charge in [0.1, 0.15) is 18.4 Å². The molecule has 3 amide bonds. The molecule has 0 unspecified atom stereocenters. The van der Waals surface area contributed by atoms with Crippen LogP contribution in [0.25, 0.3) is 0 Å². The van der Waals surface area contributed by atoms with Gasteiger partial charge in [0.2, 0.25) is 5.91 Å². The molecule has 0 aromatic heterocycles. The van der Waals surface area contributed by atoms with Crippen molar-refractivity contribution in [1.82, 2.24) is 16.0 Å². The van der Waals surface area contributed by atoms with Crippen molar-refractivity contribution < 1.29 is 14.3 Å². The maximum atomic E-state index is 12.5. The van der Waals surface area contributed by atoms with Gasteiger partial charge >= 0.3 is 6.03 Å². The van der Waals surface area contributed by atoms with Gasteiger partial charge in [0.15, 0.2) is 0 Å². The van der Waals surface area contributed by atoms with Crippen LogP contribution in [-0.2, 0) is 11.3 Å². The van der Waals surface area contributed by atoms with E-state index in [1.807, 2.05) is 75.4 Å². The number of carbonyl (C=O) groups excluding carboxylic acids is 2. The van der Waals surface area contributed by atoms with E-state index in [9.17, 15) is 9.59 Å². The highest BCUT2D eigenvalue weighted by atomic mass is 16.5. The van der Waals surface area contributed by atoms with Crippen molar-refractivity contribution in [1.29, 1.82) is 0 Å². The Hall–Kier alpha value is -3.02. The van der Waals surface area contributed by atoms with Crippen molar-refractivity contribution in [2.45, 2.75) is 33.4 Å². The van der Waals surface area contributed by atoms with Gasteiger partial charge in [-0.05, 0) is 36.1 Å². The number of benzene rings is 2. The normalized spacial score (nSPS) is 11.6. The second kappa shape index (κ2) is 11.0. The molecule has 150 valence electrons. The van der Waals surface area contributed by atoms with Crippen molar-refractivity contribution in [2.24, 2.45) is 5.92 Å². The van der Waals surface area contributed by atoms with E-state index in [1.165, 1.54) is 0 Å². The number of hydrogen-bond acceptors (Lipinski definition) is 3. The zero-order chi connectivity index (χ0) is 20.4. The quantitative estimate of drug-likeness (QED) is 0.583. The summed E-state index contributed by atoms with van der Waals surface area (Å²) in [4.78, 5) is 24.6. The van der Waals surface area contributed by atoms with Gasteiger partial charge in [-0.25, -0.2) is 4.79 Å². The second-order valence-electron chi connectivity index (χ2n) is 6.99. The standard InChI is InChI=1S/C22H29N3O3/c1-16(2)20(25-22(27)24-15-18-9-5-4-6-10-18)21(26)23-12-13-28-19-11-7-8-17(3)14-19/h4-11,14,16,20H,12-13,15H2,1-3H3,(H,23,26)(H2,24,25,27)/t20-/m0/s1. The van der Waals surface area contributed by atoms with E-state index in [4.69, 9.17) is 4.74 Å². The van der Waals surface area contributed by atoms with Gasteiger partial charge in [-0.15, -0.1) is 0 Å². The van der Waals surface area contributed by atoms with Crippen LogP contribution in [0.5, 0.6) is 5.75 Å². The van der Waals surface area contributed by atoms with Crippen LogP contribution >= 0.6 is 0 Å². The van der Waals surface area contributed by atoms with Crippen LogP contribution in [0, 0.1) is 12.8 Å². The number of urea groups is 1. The highest BCUT2D eigenvalue weighted by molar-refractivity contribution is 5.87. The van der Waals surface area contributed by atoms with Gasteiger partial charge in [-0.3, -0.25) is 4.79 Å². The summed E-state index contributed by atoms with van der Waals surface area (Å²) in [6.45, 7) is 6.92. The van der Waals surface area contributed by atoms with E-state index in [0.717, 1.165) is 16.9 Å². The molecule has 0 heterocycles. The maximum absolute atomic E-state index is 12.5. The monoisotopic (exact) mass is 383 g/mol. The van der Waals surface area contributed by atoms with Crippen molar-refractivity contribution >= 4 is 11.9 Å². The predicted molar refractivity (Wildman–Crippen MR) is 110 cm³/mol. The second-order valence-corrected chi connectivity index (χ2v) is 6.99. The number of aryl methyl sites for hydroxylation is 1.